The first-order valence-electron chi connectivity index (χ1n) is 17.9. The number of hydrogen-bond acceptors (Lipinski definition) is 2. The van der Waals surface area contributed by atoms with Gasteiger partial charge in [-0.15, -0.1) is 0 Å². The molecule has 0 saturated heterocycles. The van der Waals surface area contributed by atoms with Gasteiger partial charge in [0.15, 0.2) is 0 Å². The first-order chi connectivity index (χ1) is 26.8. The normalized spacial score (nSPS) is 11.7. The molecule has 5 nitrogen and oxygen atoms in total. The summed E-state index contributed by atoms with van der Waals surface area (Å²) >= 11 is 0. The maximum Gasteiger partial charge on any atom is 0.220 e. The highest BCUT2D eigenvalue weighted by Crippen LogP contribution is 2.53. The molecule has 54 heavy (non-hydrogen) atoms. The van der Waals surface area contributed by atoms with Crippen molar-refractivity contribution in [3.05, 3.63) is 181 Å². The van der Waals surface area contributed by atoms with Crippen LogP contribution in [0, 0.1) is 17.9 Å². The Morgan fingerprint density at radius 3 is 1.59 bits per heavy atom. The molecule has 3 heterocycles. The maximum atomic E-state index is 11.5. The number of fused-ring (bicyclic) bond motifs is 6. The van der Waals surface area contributed by atoms with E-state index in [1.54, 1.807) is 0 Å². The van der Waals surface area contributed by atoms with Crippen molar-refractivity contribution in [2.45, 2.75) is 0 Å². The molecule has 0 unspecified atom stereocenters. The third-order valence-corrected chi connectivity index (χ3v) is 11.0. The molecule has 248 valence electrons. The molecule has 0 fully saturated rings. The van der Waals surface area contributed by atoms with Gasteiger partial charge in [-0.3, -0.25) is 4.98 Å². The van der Waals surface area contributed by atoms with Crippen molar-refractivity contribution in [2.75, 3.05) is 0 Å². The molecule has 0 saturated carbocycles. The lowest BCUT2D eigenvalue weighted by Gasteiger charge is -2.25. The minimum atomic E-state index is 0.410. The van der Waals surface area contributed by atoms with E-state index in [9.17, 15) is 5.26 Å². The number of pyridine rings is 1. The molecule has 0 spiro atoms. The quantitative estimate of drug-likeness (QED) is 0.137. The number of aromatic nitrogens is 3. The molecular formula is C49H27N5. The van der Waals surface area contributed by atoms with Crippen molar-refractivity contribution in [1.82, 2.24) is 14.1 Å². The largest absolute Gasteiger partial charge is 0.317 e. The van der Waals surface area contributed by atoms with Crippen LogP contribution in [0.4, 0.5) is 5.69 Å². The number of para-hydroxylation sites is 2. The number of benzene rings is 8. The van der Waals surface area contributed by atoms with Gasteiger partial charge in [-0.25, -0.2) is 4.85 Å². The third-order valence-electron chi connectivity index (χ3n) is 11.0. The van der Waals surface area contributed by atoms with Crippen molar-refractivity contribution in [2.24, 2.45) is 0 Å². The van der Waals surface area contributed by atoms with Gasteiger partial charge in [0.05, 0.1) is 51.8 Å². The predicted octanol–water partition coefficient (Wildman–Crippen LogP) is 12.8. The molecule has 0 aliphatic rings. The van der Waals surface area contributed by atoms with E-state index in [2.05, 4.69) is 111 Å². The van der Waals surface area contributed by atoms with Crippen LogP contribution in [-0.2, 0) is 0 Å². The summed E-state index contributed by atoms with van der Waals surface area (Å²) in [4.78, 5) is 9.27. The zero-order chi connectivity index (χ0) is 35.9. The fourth-order valence-electron chi connectivity index (χ4n) is 8.92. The Labute approximate surface area is 310 Å². The molecule has 0 N–H and O–H groups in total. The standard InChI is InChI=1S/C49H27N5/c1-51-47-43(30-15-4-2-5-16-30)37(27-50)48(53-39-24-12-10-21-34(39)35-22-11-13-25-40(35)53)44(31-17-6-3-7-18-31)49(47)54-41-26-14-23-36-32-19-8-9-20-33(32)38-28-52-29-42(54)46(38)45(36)41/h2-26,28-29H. The number of hydrogen-bond donors (Lipinski definition) is 0. The van der Waals surface area contributed by atoms with Crippen LogP contribution < -0.4 is 0 Å². The van der Waals surface area contributed by atoms with Crippen molar-refractivity contribution in [3.63, 3.8) is 0 Å². The minimum Gasteiger partial charge on any atom is -0.317 e. The second-order valence-corrected chi connectivity index (χ2v) is 13.7. The smallest absolute Gasteiger partial charge is 0.220 e. The van der Waals surface area contributed by atoms with E-state index in [4.69, 9.17) is 11.6 Å². The summed E-state index contributed by atoms with van der Waals surface area (Å²) in [5.41, 5.74) is 9.26. The Kier molecular flexibility index (Phi) is 6.32. The average Bonchev–Trinajstić information content (AvgIpc) is 3.76. The van der Waals surface area contributed by atoms with E-state index < -0.39 is 0 Å². The van der Waals surface area contributed by atoms with E-state index in [1.165, 1.54) is 0 Å². The van der Waals surface area contributed by atoms with Crippen molar-refractivity contribution in [1.29, 1.82) is 5.26 Å². The molecule has 0 aliphatic carbocycles. The highest BCUT2D eigenvalue weighted by molar-refractivity contribution is 6.34. The number of rotatable bonds is 4. The molecule has 5 heteroatoms. The van der Waals surface area contributed by atoms with Gasteiger partial charge in [0.2, 0.25) is 5.69 Å². The van der Waals surface area contributed by atoms with Gasteiger partial charge in [-0.05, 0) is 45.5 Å². The molecule has 11 aromatic rings. The summed E-state index contributed by atoms with van der Waals surface area (Å²) in [6, 6.07) is 54.5. The molecule has 0 radical (unpaired) electrons. The van der Waals surface area contributed by atoms with Gasteiger partial charge >= 0.3 is 0 Å². The lowest BCUT2D eigenvalue weighted by Crippen LogP contribution is -2.08. The molecule has 3 aromatic heterocycles. The van der Waals surface area contributed by atoms with E-state index in [0.29, 0.717) is 22.5 Å². The molecule has 0 bridgehead atoms. The number of nitriles is 1. The van der Waals surface area contributed by atoms with Gasteiger partial charge < -0.3 is 9.13 Å². The summed E-state index contributed by atoms with van der Waals surface area (Å²) in [5.74, 6) is 0. The highest BCUT2D eigenvalue weighted by atomic mass is 15.0. The molecule has 0 amide bonds. The summed E-state index contributed by atoms with van der Waals surface area (Å²) in [6.07, 6.45) is 3.89. The Morgan fingerprint density at radius 1 is 0.463 bits per heavy atom. The van der Waals surface area contributed by atoms with Crippen molar-refractivity contribution < 1.29 is 0 Å². The zero-order valence-electron chi connectivity index (χ0n) is 28.8. The van der Waals surface area contributed by atoms with Crippen LogP contribution in [0.1, 0.15) is 5.56 Å². The van der Waals surface area contributed by atoms with E-state index in [1.807, 2.05) is 73.1 Å². The van der Waals surface area contributed by atoms with Crippen LogP contribution >= 0.6 is 0 Å². The lowest BCUT2D eigenvalue weighted by atomic mass is 9.88. The van der Waals surface area contributed by atoms with Gasteiger partial charge in [-0.2, -0.15) is 5.26 Å². The fourth-order valence-corrected chi connectivity index (χ4v) is 8.92. The maximum absolute atomic E-state index is 11.5. The van der Waals surface area contributed by atoms with Crippen LogP contribution in [0.2, 0.25) is 0 Å². The molecule has 8 aromatic carbocycles. The van der Waals surface area contributed by atoms with Crippen LogP contribution in [0.5, 0.6) is 0 Å². The Balaban J connectivity index is 1.46. The number of nitrogens with zero attached hydrogens (tertiary/aromatic N) is 5. The molecular weight excluding hydrogens is 659 g/mol. The second-order valence-electron chi connectivity index (χ2n) is 13.7. The van der Waals surface area contributed by atoms with E-state index in [-0.39, 0.29) is 0 Å². The zero-order valence-corrected chi connectivity index (χ0v) is 28.8. The molecule has 11 rings (SSSR count). The van der Waals surface area contributed by atoms with Gasteiger partial charge in [0.1, 0.15) is 6.07 Å². The monoisotopic (exact) mass is 685 g/mol. The van der Waals surface area contributed by atoms with Crippen LogP contribution in [0.25, 0.3) is 104 Å². The molecule has 0 aliphatic heterocycles. The lowest BCUT2D eigenvalue weighted by molar-refractivity contribution is 1.13. The average molecular weight is 686 g/mol. The van der Waals surface area contributed by atoms with Crippen LogP contribution in [0.3, 0.4) is 0 Å². The van der Waals surface area contributed by atoms with Crippen molar-refractivity contribution in [3.8, 4) is 39.7 Å². The highest BCUT2D eigenvalue weighted by Gasteiger charge is 2.32. The summed E-state index contributed by atoms with van der Waals surface area (Å²) < 4.78 is 4.49. The Hall–Kier alpha value is -7.73. The predicted molar refractivity (Wildman–Crippen MR) is 221 cm³/mol. The van der Waals surface area contributed by atoms with Gasteiger partial charge in [0, 0.05) is 44.3 Å². The summed E-state index contributed by atoms with van der Waals surface area (Å²) in [6.45, 7) is 9.01. The van der Waals surface area contributed by atoms with Crippen LogP contribution in [0.15, 0.2) is 164 Å². The topological polar surface area (TPSA) is 50.9 Å². The van der Waals surface area contributed by atoms with Gasteiger partial charge in [-0.1, -0.05) is 133 Å². The fraction of sp³-hybridized carbons (Fsp3) is 0. The first kappa shape index (κ1) is 29.9. The van der Waals surface area contributed by atoms with Gasteiger partial charge in [0.25, 0.3) is 0 Å². The Bertz CT molecular complexity index is 3250. The second kappa shape index (κ2) is 11.4. The molecule has 0 atom stereocenters. The van der Waals surface area contributed by atoms with E-state index in [0.717, 1.165) is 87.5 Å². The summed E-state index contributed by atoms with van der Waals surface area (Å²) in [7, 11) is 0. The first-order valence-corrected chi connectivity index (χ1v) is 17.9. The van der Waals surface area contributed by atoms with Crippen LogP contribution in [-0.4, -0.2) is 14.1 Å². The van der Waals surface area contributed by atoms with E-state index >= 15 is 0 Å². The third kappa shape index (κ3) is 3.93. The Morgan fingerprint density at radius 2 is 0.963 bits per heavy atom. The van der Waals surface area contributed by atoms with Crippen molar-refractivity contribution >= 4 is 70.8 Å². The summed E-state index contributed by atoms with van der Waals surface area (Å²) in [5, 5.41) is 20.4. The SMILES string of the molecule is [C-]#[N+]c1c(-c2ccccc2)c(C#N)c(-n2c3ccccc3c3ccccc32)c(-c2ccccc2)c1-n1c2cccc3c4ccccc4c4cncc1c4c32. The minimum absolute atomic E-state index is 0.410.